The zero-order chi connectivity index (χ0) is 25.1. The fourth-order valence-corrected chi connectivity index (χ4v) is 4.38. The fourth-order valence-electron chi connectivity index (χ4n) is 4.38. The summed E-state index contributed by atoms with van der Waals surface area (Å²) in [5.41, 5.74) is 1.97. The molecule has 8 nitrogen and oxygen atoms in total. The zero-order valence-corrected chi connectivity index (χ0v) is 20.9. The number of hydrogen-bond donors (Lipinski definition) is 1. The highest BCUT2D eigenvalue weighted by molar-refractivity contribution is 5.98. The van der Waals surface area contributed by atoms with Crippen LogP contribution in [0.2, 0.25) is 0 Å². The predicted octanol–water partition coefficient (Wildman–Crippen LogP) is 3.24. The topological polar surface area (TPSA) is 92.2 Å². The molecule has 1 fully saturated rings. The Balaban J connectivity index is 1.67. The molecule has 2 aromatic rings. The fraction of sp³-hybridized carbons (Fsp3) is 0.519. The van der Waals surface area contributed by atoms with Crippen LogP contribution >= 0.6 is 0 Å². The van der Waals surface area contributed by atoms with Gasteiger partial charge in [0.15, 0.2) is 0 Å². The Hall–Kier alpha value is -3.13. The number of pyridine rings is 1. The number of aromatic nitrogens is 1. The number of nitrogens with zero attached hydrogens (tertiary/aromatic N) is 3. The molecule has 0 unspecified atom stereocenters. The third-order valence-corrected chi connectivity index (χ3v) is 6.96. The number of fused-ring (bicyclic) bond motifs is 1. The van der Waals surface area contributed by atoms with Crippen molar-refractivity contribution in [3.63, 3.8) is 0 Å². The van der Waals surface area contributed by atoms with E-state index in [4.69, 9.17) is 9.47 Å². The van der Waals surface area contributed by atoms with Gasteiger partial charge in [-0.2, -0.15) is 0 Å². The maximum Gasteiger partial charge on any atom is 0.259 e. The predicted molar refractivity (Wildman–Crippen MR) is 132 cm³/mol. The van der Waals surface area contributed by atoms with Gasteiger partial charge in [-0.3, -0.25) is 9.59 Å². The van der Waals surface area contributed by atoms with Crippen molar-refractivity contribution >= 4 is 11.8 Å². The van der Waals surface area contributed by atoms with Crippen LogP contribution in [0.1, 0.15) is 43.5 Å². The molecule has 0 radical (unpaired) electrons. The van der Waals surface area contributed by atoms with E-state index in [-0.39, 0.29) is 42.4 Å². The molecule has 0 bridgehead atoms. The molecule has 3 atom stereocenters. The van der Waals surface area contributed by atoms with Gasteiger partial charge in [0.05, 0.1) is 26.3 Å². The highest BCUT2D eigenvalue weighted by atomic mass is 16.5. The van der Waals surface area contributed by atoms with Gasteiger partial charge in [0.2, 0.25) is 11.8 Å². The number of methoxy groups -OCH3 is 1. The van der Waals surface area contributed by atoms with Gasteiger partial charge < -0.3 is 24.4 Å². The number of rotatable bonds is 8. The van der Waals surface area contributed by atoms with Gasteiger partial charge in [0.1, 0.15) is 17.4 Å². The molecule has 1 aliphatic heterocycles. The molecule has 2 heterocycles. The number of hydrogen-bond acceptors (Lipinski definition) is 6. The highest BCUT2D eigenvalue weighted by Gasteiger charge is 2.35. The Bertz CT molecular complexity index is 1070. The minimum Gasteiger partial charge on any atom is -0.497 e. The Morgan fingerprint density at radius 2 is 2.09 bits per heavy atom. The van der Waals surface area contributed by atoms with Gasteiger partial charge in [-0.25, -0.2) is 4.98 Å². The van der Waals surface area contributed by atoms with Crippen molar-refractivity contribution in [2.24, 2.45) is 11.8 Å². The number of aliphatic hydroxyl groups is 1. The van der Waals surface area contributed by atoms with E-state index >= 15 is 0 Å². The zero-order valence-electron chi connectivity index (χ0n) is 20.9. The second-order valence-corrected chi connectivity index (χ2v) is 9.85. The van der Waals surface area contributed by atoms with Crippen LogP contribution in [0.5, 0.6) is 11.6 Å². The van der Waals surface area contributed by atoms with Crippen LogP contribution < -0.4 is 9.47 Å². The lowest BCUT2D eigenvalue weighted by atomic mass is 9.99. The summed E-state index contributed by atoms with van der Waals surface area (Å²) in [7, 11) is 3.41. The minimum absolute atomic E-state index is 0.0721. The molecule has 1 aromatic carbocycles. The van der Waals surface area contributed by atoms with Crippen LogP contribution in [0.15, 0.2) is 36.5 Å². The summed E-state index contributed by atoms with van der Waals surface area (Å²) >= 11 is 0. The van der Waals surface area contributed by atoms with Crippen molar-refractivity contribution in [3.8, 4) is 22.8 Å². The SMILES string of the molecule is COc1cccc(-c2cnc3c(c2)C(=O)N([C@@H](C)CO)C[C@@H](C)[C@H](CN(C)C(=O)CC2CC2)O3)c1. The lowest BCUT2D eigenvalue weighted by molar-refractivity contribution is -0.131. The molecular weight excluding hydrogens is 446 g/mol. The summed E-state index contributed by atoms with van der Waals surface area (Å²) in [4.78, 5) is 34.2. The Morgan fingerprint density at radius 1 is 1.31 bits per heavy atom. The van der Waals surface area contributed by atoms with E-state index in [0.717, 1.165) is 24.0 Å². The molecule has 188 valence electrons. The average molecular weight is 482 g/mol. The van der Waals surface area contributed by atoms with Crippen molar-refractivity contribution in [1.82, 2.24) is 14.8 Å². The van der Waals surface area contributed by atoms with E-state index in [0.29, 0.717) is 36.7 Å². The van der Waals surface area contributed by atoms with Gasteiger partial charge in [-0.15, -0.1) is 0 Å². The van der Waals surface area contributed by atoms with Gasteiger partial charge in [0.25, 0.3) is 5.91 Å². The highest BCUT2D eigenvalue weighted by Crippen LogP contribution is 2.34. The molecule has 35 heavy (non-hydrogen) atoms. The van der Waals surface area contributed by atoms with Crippen molar-refractivity contribution in [2.75, 3.05) is 33.9 Å². The molecule has 1 N–H and O–H groups in total. The summed E-state index contributed by atoms with van der Waals surface area (Å²) < 4.78 is 11.7. The number of carbonyl (C=O) groups is 2. The standard InChI is InChI=1S/C27H35N3O5/c1-17-14-30(18(2)16-31)27(33)23-12-21(20-6-5-7-22(11-20)34-4)13-28-26(23)35-24(17)15-29(3)25(32)10-19-8-9-19/h5-7,11-13,17-19,24,31H,8-10,14-16H2,1-4H3/t17-,18+,24+/m1/s1. The third kappa shape index (κ3) is 5.75. The molecule has 4 rings (SSSR count). The van der Waals surface area contributed by atoms with Crippen LogP contribution in [-0.2, 0) is 4.79 Å². The molecule has 0 spiro atoms. The molecule has 1 saturated carbocycles. The normalized spacial score (nSPS) is 20.8. The number of carbonyl (C=O) groups excluding carboxylic acids is 2. The second kappa shape index (κ2) is 10.6. The van der Waals surface area contributed by atoms with E-state index in [1.165, 1.54) is 0 Å². The lowest BCUT2D eigenvalue weighted by Crippen LogP contribution is -2.50. The smallest absolute Gasteiger partial charge is 0.259 e. The monoisotopic (exact) mass is 481 g/mol. The Kier molecular flexibility index (Phi) is 7.60. The van der Waals surface area contributed by atoms with E-state index in [2.05, 4.69) is 4.98 Å². The number of aliphatic hydroxyl groups excluding tert-OH is 1. The summed E-state index contributed by atoms with van der Waals surface area (Å²) in [6.45, 7) is 4.48. The first-order valence-corrected chi connectivity index (χ1v) is 12.3. The molecule has 0 saturated heterocycles. The first kappa shape index (κ1) is 25.0. The minimum atomic E-state index is -0.369. The molecule has 2 amide bonds. The van der Waals surface area contributed by atoms with Crippen molar-refractivity contribution in [1.29, 1.82) is 0 Å². The third-order valence-electron chi connectivity index (χ3n) is 6.96. The van der Waals surface area contributed by atoms with Gasteiger partial charge in [-0.1, -0.05) is 19.1 Å². The van der Waals surface area contributed by atoms with Crippen molar-refractivity contribution < 1.29 is 24.2 Å². The van der Waals surface area contributed by atoms with Crippen LogP contribution in [0, 0.1) is 11.8 Å². The van der Waals surface area contributed by atoms with E-state index < -0.39 is 0 Å². The van der Waals surface area contributed by atoms with E-state index in [1.54, 1.807) is 36.2 Å². The molecule has 8 heteroatoms. The number of ether oxygens (including phenoxy) is 2. The molecule has 1 aliphatic carbocycles. The summed E-state index contributed by atoms with van der Waals surface area (Å²) in [6, 6.07) is 8.97. The number of amides is 2. The first-order chi connectivity index (χ1) is 16.8. The van der Waals surface area contributed by atoms with Gasteiger partial charge >= 0.3 is 0 Å². The number of benzene rings is 1. The van der Waals surface area contributed by atoms with Crippen LogP contribution in [0.25, 0.3) is 11.1 Å². The van der Waals surface area contributed by atoms with Crippen molar-refractivity contribution in [3.05, 3.63) is 42.1 Å². The molecule has 2 aliphatic rings. The largest absolute Gasteiger partial charge is 0.497 e. The molecule has 1 aromatic heterocycles. The summed E-state index contributed by atoms with van der Waals surface area (Å²) in [5, 5.41) is 9.86. The lowest BCUT2D eigenvalue weighted by Gasteiger charge is -2.37. The number of likely N-dealkylation sites (N-methyl/N-ethyl adjacent to an activating group) is 1. The maximum atomic E-state index is 13.6. The van der Waals surface area contributed by atoms with Crippen LogP contribution in [-0.4, -0.2) is 77.7 Å². The Morgan fingerprint density at radius 3 is 2.77 bits per heavy atom. The maximum absolute atomic E-state index is 13.6. The van der Waals surface area contributed by atoms with Crippen LogP contribution in [0.3, 0.4) is 0 Å². The summed E-state index contributed by atoms with van der Waals surface area (Å²) in [5.74, 6) is 1.27. The molecular formula is C27H35N3O5. The van der Waals surface area contributed by atoms with Gasteiger partial charge in [-0.05, 0) is 49.4 Å². The quantitative estimate of drug-likeness (QED) is 0.622. The summed E-state index contributed by atoms with van der Waals surface area (Å²) in [6.07, 6.45) is 4.16. The Labute approximate surface area is 206 Å². The van der Waals surface area contributed by atoms with Crippen LogP contribution in [0.4, 0.5) is 0 Å². The van der Waals surface area contributed by atoms with E-state index in [9.17, 15) is 14.7 Å². The van der Waals surface area contributed by atoms with Crippen molar-refractivity contribution in [2.45, 2.75) is 45.3 Å². The average Bonchev–Trinajstić information content (AvgIpc) is 3.69. The van der Waals surface area contributed by atoms with E-state index in [1.807, 2.05) is 38.1 Å². The first-order valence-electron chi connectivity index (χ1n) is 12.3. The van der Waals surface area contributed by atoms with Gasteiger partial charge in [0, 0.05) is 37.7 Å². The second-order valence-electron chi connectivity index (χ2n) is 9.85.